The number of nitrogens with zero attached hydrogens (tertiary/aromatic N) is 1. The van der Waals surface area contributed by atoms with Gasteiger partial charge in [0.05, 0.1) is 0 Å². The fraction of sp³-hybridized carbons (Fsp3) is 0.375. The van der Waals surface area contributed by atoms with Gasteiger partial charge in [0.2, 0.25) is 5.95 Å². The summed E-state index contributed by atoms with van der Waals surface area (Å²) in [6.45, 7) is 1.92. The SMILES string of the molecule is CC[C@@H](N)c1c(I)ccnc1F. The largest absolute Gasteiger partial charge is 0.324 e. The van der Waals surface area contributed by atoms with E-state index in [-0.39, 0.29) is 6.04 Å². The summed E-state index contributed by atoms with van der Waals surface area (Å²) in [5.41, 5.74) is 6.24. The Hall–Kier alpha value is -0.230. The molecule has 66 valence electrons. The van der Waals surface area contributed by atoms with E-state index in [1.165, 1.54) is 6.20 Å². The normalized spacial score (nSPS) is 13.0. The van der Waals surface area contributed by atoms with Crippen molar-refractivity contribution in [2.45, 2.75) is 19.4 Å². The lowest BCUT2D eigenvalue weighted by Crippen LogP contribution is -2.13. The van der Waals surface area contributed by atoms with Crippen molar-refractivity contribution in [2.24, 2.45) is 5.73 Å². The highest BCUT2D eigenvalue weighted by Gasteiger charge is 2.13. The van der Waals surface area contributed by atoms with Crippen LogP contribution in [0.25, 0.3) is 0 Å². The van der Waals surface area contributed by atoms with Crippen LogP contribution in [-0.2, 0) is 0 Å². The Labute approximate surface area is 84.5 Å². The number of nitrogens with two attached hydrogens (primary N) is 1. The van der Waals surface area contributed by atoms with E-state index in [9.17, 15) is 4.39 Å². The molecule has 1 aromatic rings. The van der Waals surface area contributed by atoms with E-state index in [2.05, 4.69) is 27.6 Å². The monoisotopic (exact) mass is 280 g/mol. The van der Waals surface area contributed by atoms with Crippen LogP contribution >= 0.6 is 22.6 Å². The van der Waals surface area contributed by atoms with E-state index in [0.717, 1.165) is 9.99 Å². The first-order valence-corrected chi connectivity index (χ1v) is 4.80. The summed E-state index contributed by atoms with van der Waals surface area (Å²) in [6.07, 6.45) is 2.17. The molecule has 0 radical (unpaired) electrons. The Bertz CT molecular complexity index is 258. The molecule has 0 aromatic carbocycles. The summed E-state index contributed by atoms with van der Waals surface area (Å²) in [4.78, 5) is 3.56. The summed E-state index contributed by atoms with van der Waals surface area (Å²) >= 11 is 2.06. The Balaban J connectivity index is 3.12. The minimum absolute atomic E-state index is 0.245. The summed E-state index contributed by atoms with van der Waals surface area (Å²) in [7, 11) is 0. The van der Waals surface area contributed by atoms with Gasteiger partial charge in [-0.3, -0.25) is 0 Å². The second-order valence-corrected chi connectivity index (χ2v) is 3.67. The van der Waals surface area contributed by atoms with Crippen molar-refractivity contribution < 1.29 is 4.39 Å². The average Bonchev–Trinajstić information content (AvgIpc) is 2.03. The third kappa shape index (κ3) is 1.92. The predicted octanol–water partition coefficient (Wildman–Crippen LogP) is 2.24. The zero-order chi connectivity index (χ0) is 9.14. The number of halogens is 2. The van der Waals surface area contributed by atoms with Gasteiger partial charge in [-0.25, -0.2) is 4.98 Å². The van der Waals surface area contributed by atoms with Gasteiger partial charge in [0.25, 0.3) is 0 Å². The molecule has 1 heterocycles. The van der Waals surface area contributed by atoms with Gasteiger partial charge in [-0.15, -0.1) is 0 Å². The highest BCUT2D eigenvalue weighted by molar-refractivity contribution is 14.1. The molecule has 4 heteroatoms. The molecule has 1 aromatic heterocycles. The van der Waals surface area contributed by atoms with Crippen LogP contribution in [-0.4, -0.2) is 4.98 Å². The first kappa shape index (κ1) is 9.85. The lowest BCUT2D eigenvalue weighted by Gasteiger charge is -2.10. The molecule has 0 bridgehead atoms. The molecule has 0 unspecified atom stereocenters. The van der Waals surface area contributed by atoms with Gasteiger partial charge < -0.3 is 5.73 Å². The second-order valence-electron chi connectivity index (χ2n) is 2.51. The Morgan fingerprint density at radius 3 is 2.92 bits per heavy atom. The number of hydrogen-bond acceptors (Lipinski definition) is 2. The molecule has 0 spiro atoms. The minimum Gasteiger partial charge on any atom is -0.324 e. The van der Waals surface area contributed by atoms with Crippen LogP contribution in [0.5, 0.6) is 0 Å². The van der Waals surface area contributed by atoms with Crippen LogP contribution in [0, 0.1) is 9.52 Å². The fourth-order valence-electron chi connectivity index (χ4n) is 0.960. The van der Waals surface area contributed by atoms with Gasteiger partial charge in [0.15, 0.2) is 0 Å². The number of aromatic nitrogens is 1. The first-order chi connectivity index (χ1) is 5.66. The van der Waals surface area contributed by atoms with E-state index in [0.29, 0.717) is 5.56 Å². The van der Waals surface area contributed by atoms with Gasteiger partial charge in [-0.05, 0) is 35.1 Å². The average molecular weight is 280 g/mol. The van der Waals surface area contributed by atoms with Gasteiger partial charge in [0.1, 0.15) is 0 Å². The molecule has 0 aliphatic rings. The molecule has 1 rings (SSSR count). The molecule has 0 saturated heterocycles. The lowest BCUT2D eigenvalue weighted by atomic mass is 10.1. The number of pyridine rings is 1. The quantitative estimate of drug-likeness (QED) is 0.666. The number of rotatable bonds is 2. The van der Waals surface area contributed by atoms with Crippen LogP contribution in [0.4, 0.5) is 4.39 Å². The maximum Gasteiger partial charge on any atom is 0.218 e. The van der Waals surface area contributed by atoms with Crippen molar-refractivity contribution >= 4 is 22.6 Å². The predicted molar refractivity (Wildman–Crippen MR) is 54.1 cm³/mol. The van der Waals surface area contributed by atoms with Crippen molar-refractivity contribution in [1.82, 2.24) is 4.98 Å². The van der Waals surface area contributed by atoms with Crippen molar-refractivity contribution in [1.29, 1.82) is 0 Å². The van der Waals surface area contributed by atoms with Crippen molar-refractivity contribution in [2.75, 3.05) is 0 Å². The zero-order valence-electron chi connectivity index (χ0n) is 6.72. The van der Waals surface area contributed by atoms with Gasteiger partial charge in [-0.1, -0.05) is 6.92 Å². The third-order valence-corrected chi connectivity index (χ3v) is 2.64. The van der Waals surface area contributed by atoms with E-state index < -0.39 is 5.95 Å². The van der Waals surface area contributed by atoms with E-state index in [4.69, 9.17) is 5.73 Å². The highest BCUT2D eigenvalue weighted by Crippen LogP contribution is 2.21. The van der Waals surface area contributed by atoms with Gasteiger partial charge in [0, 0.05) is 21.4 Å². The molecule has 1 atom stereocenters. The second kappa shape index (κ2) is 4.13. The smallest absolute Gasteiger partial charge is 0.218 e. The molecule has 2 nitrogen and oxygen atoms in total. The molecule has 0 aliphatic carbocycles. The van der Waals surface area contributed by atoms with E-state index in [1.807, 2.05) is 6.92 Å². The molecule has 2 N–H and O–H groups in total. The van der Waals surface area contributed by atoms with Crippen LogP contribution < -0.4 is 5.73 Å². The van der Waals surface area contributed by atoms with Crippen molar-refractivity contribution in [3.8, 4) is 0 Å². The van der Waals surface area contributed by atoms with Crippen molar-refractivity contribution in [3.05, 3.63) is 27.3 Å². The summed E-state index contributed by atoms with van der Waals surface area (Å²) in [5.74, 6) is -0.448. The van der Waals surface area contributed by atoms with Crippen LogP contribution in [0.3, 0.4) is 0 Å². The Morgan fingerprint density at radius 1 is 1.75 bits per heavy atom. The van der Waals surface area contributed by atoms with Crippen molar-refractivity contribution in [3.63, 3.8) is 0 Å². The minimum atomic E-state index is -0.448. The lowest BCUT2D eigenvalue weighted by molar-refractivity contribution is 0.537. The Morgan fingerprint density at radius 2 is 2.42 bits per heavy atom. The van der Waals surface area contributed by atoms with E-state index >= 15 is 0 Å². The summed E-state index contributed by atoms with van der Waals surface area (Å²) in [5, 5.41) is 0. The van der Waals surface area contributed by atoms with Crippen LogP contribution in [0.2, 0.25) is 0 Å². The topological polar surface area (TPSA) is 38.9 Å². The van der Waals surface area contributed by atoms with Gasteiger partial charge >= 0.3 is 0 Å². The molecule has 0 amide bonds. The number of hydrogen-bond donors (Lipinski definition) is 1. The molecular formula is C8H10FIN2. The molecule has 0 saturated carbocycles. The van der Waals surface area contributed by atoms with Crippen LogP contribution in [0.1, 0.15) is 24.9 Å². The molecule has 0 aliphatic heterocycles. The third-order valence-electron chi connectivity index (χ3n) is 1.70. The fourth-order valence-corrected chi connectivity index (χ4v) is 1.74. The maximum atomic E-state index is 13.1. The molecule has 0 fully saturated rings. The molecule has 12 heavy (non-hydrogen) atoms. The summed E-state index contributed by atoms with van der Waals surface area (Å²) in [6, 6.07) is 1.51. The van der Waals surface area contributed by atoms with E-state index in [1.54, 1.807) is 6.07 Å². The maximum absolute atomic E-state index is 13.1. The van der Waals surface area contributed by atoms with Crippen LogP contribution in [0.15, 0.2) is 12.3 Å². The standard InChI is InChI=1S/C8H10FIN2/c1-2-6(11)7-5(10)3-4-12-8(7)9/h3-4,6H,2,11H2,1H3/t6-/m1/s1. The molecular weight excluding hydrogens is 270 g/mol. The highest BCUT2D eigenvalue weighted by atomic mass is 127. The Kier molecular flexibility index (Phi) is 3.39. The summed E-state index contributed by atoms with van der Waals surface area (Å²) < 4.78 is 13.9. The van der Waals surface area contributed by atoms with Gasteiger partial charge in [-0.2, -0.15) is 4.39 Å². The first-order valence-electron chi connectivity index (χ1n) is 3.72. The zero-order valence-corrected chi connectivity index (χ0v) is 8.88.